The van der Waals surface area contributed by atoms with Crippen LogP contribution >= 0.6 is 11.8 Å². The largest absolute Gasteiger partial charge is 0.314 e. The van der Waals surface area contributed by atoms with E-state index in [1.807, 2.05) is 0 Å². The highest BCUT2D eigenvalue weighted by Gasteiger charge is 2.33. The van der Waals surface area contributed by atoms with E-state index in [1.165, 1.54) is 76.2 Å². The van der Waals surface area contributed by atoms with Crippen molar-refractivity contribution in [2.24, 2.45) is 5.41 Å². The maximum absolute atomic E-state index is 3.74. The highest BCUT2D eigenvalue weighted by Crippen LogP contribution is 2.36. The third kappa shape index (κ3) is 5.28. The Kier molecular flexibility index (Phi) is 6.51. The standard InChI is InChI=1S/C16H32N2S/c1-15(2)17-13-16(7-5-3-4-6-8-16)14-18-9-11-19-12-10-18/h15,17H,3-14H2,1-2H3. The Morgan fingerprint density at radius 3 is 2.26 bits per heavy atom. The minimum atomic E-state index is 0.558. The predicted molar refractivity (Wildman–Crippen MR) is 87.0 cm³/mol. The first-order chi connectivity index (χ1) is 9.20. The van der Waals surface area contributed by atoms with Crippen LogP contribution in [-0.2, 0) is 0 Å². The molecule has 0 unspecified atom stereocenters. The summed E-state index contributed by atoms with van der Waals surface area (Å²) in [5.74, 6) is 2.68. The van der Waals surface area contributed by atoms with Gasteiger partial charge in [0, 0.05) is 43.7 Å². The minimum Gasteiger partial charge on any atom is -0.314 e. The lowest BCUT2D eigenvalue weighted by Gasteiger charge is -2.40. The van der Waals surface area contributed by atoms with Crippen molar-refractivity contribution in [1.29, 1.82) is 0 Å². The fourth-order valence-corrected chi connectivity index (χ4v) is 4.50. The molecule has 19 heavy (non-hydrogen) atoms. The summed E-state index contributed by atoms with van der Waals surface area (Å²) in [5.41, 5.74) is 0.558. The van der Waals surface area contributed by atoms with E-state index in [9.17, 15) is 0 Å². The van der Waals surface area contributed by atoms with Crippen LogP contribution in [0.15, 0.2) is 0 Å². The molecule has 2 aliphatic rings. The van der Waals surface area contributed by atoms with Gasteiger partial charge >= 0.3 is 0 Å². The number of nitrogens with one attached hydrogen (secondary N) is 1. The summed E-state index contributed by atoms with van der Waals surface area (Å²) in [4.78, 5) is 2.74. The molecular formula is C16H32N2S. The summed E-state index contributed by atoms with van der Waals surface area (Å²) >= 11 is 2.12. The van der Waals surface area contributed by atoms with Gasteiger partial charge in [-0.15, -0.1) is 0 Å². The first kappa shape index (κ1) is 15.7. The number of rotatable bonds is 5. The van der Waals surface area contributed by atoms with Crippen LogP contribution in [0.4, 0.5) is 0 Å². The van der Waals surface area contributed by atoms with Crippen molar-refractivity contribution in [2.75, 3.05) is 37.7 Å². The lowest BCUT2D eigenvalue weighted by molar-refractivity contribution is 0.132. The van der Waals surface area contributed by atoms with Crippen LogP contribution in [0.3, 0.4) is 0 Å². The SMILES string of the molecule is CC(C)NCC1(CN2CCSCC2)CCCCCC1. The number of hydrogen-bond donors (Lipinski definition) is 1. The Balaban J connectivity index is 1.94. The molecule has 0 spiro atoms. The molecule has 1 saturated carbocycles. The Bertz CT molecular complexity index is 241. The van der Waals surface area contributed by atoms with Gasteiger partial charge in [-0.2, -0.15) is 11.8 Å². The molecule has 3 heteroatoms. The first-order valence-electron chi connectivity index (χ1n) is 8.24. The Labute approximate surface area is 124 Å². The smallest absolute Gasteiger partial charge is 0.00729 e. The molecule has 1 heterocycles. The normalized spacial score (nSPS) is 25.4. The molecule has 2 fully saturated rings. The van der Waals surface area contributed by atoms with Gasteiger partial charge in [-0.25, -0.2) is 0 Å². The predicted octanol–water partition coefficient (Wildman–Crippen LogP) is 3.37. The van der Waals surface area contributed by atoms with Crippen LogP contribution in [0.2, 0.25) is 0 Å². The lowest BCUT2D eigenvalue weighted by atomic mass is 9.79. The van der Waals surface area contributed by atoms with E-state index in [0.29, 0.717) is 11.5 Å². The van der Waals surface area contributed by atoms with E-state index in [4.69, 9.17) is 0 Å². The summed E-state index contributed by atoms with van der Waals surface area (Å²) < 4.78 is 0. The second-order valence-electron chi connectivity index (χ2n) is 6.84. The van der Waals surface area contributed by atoms with Gasteiger partial charge in [-0.3, -0.25) is 0 Å². The van der Waals surface area contributed by atoms with Crippen molar-refractivity contribution >= 4 is 11.8 Å². The van der Waals surface area contributed by atoms with Crippen molar-refractivity contribution in [2.45, 2.75) is 58.4 Å². The number of thioether (sulfide) groups is 1. The monoisotopic (exact) mass is 284 g/mol. The second kappa shape index (κ2) is 7.90. The molecule has 0 aromatic heterocycles. The van der Waals surface area contributed by atoms with Gasteiger partial charge < -0.3 is 10.2 Å². The zero-order chi connectivity index (χ0) is 13.6. The minimum absolute atomic E-state index is 0.558. The Morgan fingerprint density at radius 2 is 1.68 bits per heavy atom. The van der Waals surface area contributed by atoms with E-state index in [-0.39, 0.29) is 0 Å². The van der Waals surface area contributed by atoms with Crippen molar-refractivity contribution < 1.29 is 0 Å². The molecule has 0 aromatic carbocycles. The Hall–Kier alpha value is 0.270. The van der Waals surface area contributed by atoms with Crippen molar-refractivity contribution in [3.63, 3.8) is 0 Å². The molecule has 2 rings (SSSR count). The zero-order valence-electron chi connectivity index (χ0n) is 12.9. The average Bonchev–Trinajstić information content (AvgIpc) is 2.64. The van der Waals surface area contributed by atoms with Gasteiger partial charge in [0.15, 0.2) is 0 Å². The van der Waals surface area contributed by atoms with Gasteiger partial charge in [0.05, 0.1) is 0 Å². The average molecular weight is 285 g/mol. The summed E-state index contributed by atoms with van der Waals surface area (Å²) in [6, 6.07) is 0.622. The quantitative estimate of drug-likeness (QED) is 0.779. The van der Waals surface area contributed by atoms with Gasteiger partial charge in [-0.05, 0) is 18.3 Å². The van der Waals surface area contributed by atoms with Gasteiger partial charge in [0.1, 0.15) is 0 Å². The molecule has 1 aliphatic carbocycles. The van der Waals surface area contributed by atoms with E-state index >= 15 is 0 Å². The zero-order valence-corrected chi connectivity index (χ0v) is 13.7. The van der Waals surface area contributed by atoms with Crippen LogP contribution < -0.4 is 5.32 Å². The van der Waals surface area contributed by atoms with E-state index < -0.39 is 0 Å². The molecule has 112 valence electrons. The summed E-state index contributed by atoms with van der Waals surface area (Å²) in [7, 11) is 0. The van der Waals surface area contributed by atoms with E-state index in [0.717, 1.165) is 0 Å². The molecular weight excluding hydrogens is 252 g/mol. The second-order valence-corrected chi connectivity index (χ2v) is 8.06. The molecule has 1 saturated heterocycles. The van der Waals surface area contributed by atoms with Crippen LogP contribution in [0.1, 0.15) is 52.4 Å². The Morgan fingerprint density at radius 1 is 1.05 bits per heavy atom. The summed E-state index contributed by atoms with van der Waals surface area (Å²) in [6.07, 6.45) is 8.69. The molecule has 0 radical (unpaired) electrons. The van der Waals surface area contributed by atoms with Crippen LogP contribution in [-0.4, -0.2) is 48.6 Å². The topological polar surface area (TPSA) is 15.3 Å². The molecule has 0 amide bonds. The summed E-state index contributed by atoms with van der Waals surface area (Å²) in [5, 5.41) is 3.74. The van der Waals surface area contributed by atoms with Crippen LogP contribution in [0.5, 0.6) is 0 Å². The maximum Gasteiger partial charge on any atom is 0.00729 e. The van der Waals surface area contributed by atoms with Crippen molar-refractivity contribution in [3.05, 3.63) is 0 Å². The molecule has 0 atom stereocenters. The number of hydrogen-bond acceptors (Lipinski definition) is 3. The highest BCUT2D eigenvalue weighted by atomic mass is 32.2. The third-order valence-corrected chi connectivity index (χ3v) is 5.65. The van der Waals surface area contributed by atoms with Crippen LogP contribution in [0.25, 0.3) is 0 Å². The van der Waals surface area contributed by atoms with Crippen molar-refractivity contribution in [1.82, 2.24) is 10.2 Å². The van der Waals surface area contributed by atoms with Crippen LogP contribution in [0, 0.1) is 5.41 Å². The highest BCUT2D eigenvalue weighted by molar-refractivity contribution is 7.99. The van der Waals surface area contributed by atoms with Gasteiger partial charge in [0.25, 0.3) is 0 Å². The van der Waals surface area contributed by atoms with Gasteiger partial charge in [-0.1, -0.05) is 39.5 Å². The maximum atomic E-state index is 3.74. The molecule has 1 aliphatic heterocycles. The molecule has 0 aromatic rings. The van der Waals surface area contributed by atoms with Gasteiger partial charge in [0.2, 0.25) is 0 Å². The first-order valence-corrected chi connectivity index (χ1v) is 9.39. The molecule has 0 bridgehead atoms. The molecule has 1 N–H and O–H groups in total. The molecule has 2 nitrogen and oxygen atoms in total. The van der Waals surface area contributed by atoms with E-state index in [1.54, 1.807) is 0 Å². The number of nitrogens with zero attached hydrogens (tertiary/aromatic N) is 1. The third-order valence-electron chi connectivity index (χ3n) is 4.71. The summed E-state index contributed by atoms with van der Waals surface area (Å²) in [6.45, 7) is 9.76. The fourth-order valence-electron chi connectivity index (χ4n) is 3.52. The van der Waals surface area contributed by atoms with Crippen molar-refractivity contribution in [3.8, 4) is 0 Å². The lowest BCUT2D eigenvalue weighted by Crippen LogP contribution is -2.47. The van der Waals surface area contributed by atoms with E-state index in [2.05, 4.69) is 35.8 Å². The fraction of sp³-hybridized carbons (Fsp3) is 1.00.